The van der Waals surface area contributed by atoms with E-state index in [2.05, 4.69) is 39.6 Å². The average molecular weight is 394 g/mol. The van der Waals surface area contributed by atoms with Crippen LogP contribution >= 0.6 is 0 Å². The SMILES string of the molecule is CN1CCN([C@H](CNc2c(NCc3ccco3)c(=O)c2=O)c2ccccc2)CC1. The zero-order valence-corrected chi connectivity index (χ0v) is 16.6. The fourth-order valence-corrected chi connectivity index (χ4v) is 3.78. The first-order chi connectivity index (χ1) is 14.1. The van der Waals surface area contributed by atoms with Gasteiger partial charge in [0, 0.05) is 32.7 Å². The number of likely N-dealkylation sites (N-methyl/N-ethyl adjacent to an activating group) is 1. The van der Waals surface area contributed by atoms with E-state index in [-0.39, 0.29) is 6.04 Å². The molecule has 2 heterocycles. The Kier molecular flexibility index (Phi) is 5.78. The van der Waals surface area contributed by atoms with Crippen molar-refractivity contribution in [2.45, 2.75) is 12.6 Å². The van der Waals surface area contributed by atoms with Gasteiger partial charge in [-0.05, 0) is 24.7 Å². The molecule has 3 aromatic rings. The maximum Gasteiger partial charge on any atom is 0.253 e. The zero-order chi connectivity index (χ0) is 20.2. The van der Waals surface area contributed by atoms with Crippen LogP contribution in [0.4, 0.5) is 11.4 Å². The predicted molar refractivity (Wildman–Crippen MR) is 114 cm³/mol. The Bertz CT molecular complexity index is 985. The molecule has 0 radical (unpaired) electrons. The number of benzene rings is 1. The number of anilines is 2. The number of nitrogens with one attached hydrogen (secondary N) is 2. The van der Waals surface area contributed by atoms with Crippen molar-refractivity contribution in [1.82, 2.24) is 9.80 Å². The molecule has 4 rings (SSSR count). The second kappa shape index (κ2) is 8.63. The first-order valence-corrected chi connectivity index (χ1v) is 9.94. The monoisotopic (exact) mass is 394 g/mol. The van der Waals surface area contributed by atoms with Crippen LogP contribution in [0, 0.1) is 0 Å². The van der Waals surface area contributed by atoms with Crippen LogP contribution in [0.2, 0.25) is 0 Å². The van der Waals surface area contributed by atoms with Gasteiger partial charge in [-0.3, -0.25) is 14.5 Å². The number of hydrogen-bond donors (Lipinski definition) is 2. The second-order valence-electron chi connectivity index (χ2n) is 7.49. The maximum absolute atomic E-state index is 12.1. The lowest BCUT2D eigenvalue weighted by Gasteiger charge is -2.38. The first kappa shape index (κ1) is 19.4. The van der Waals surface area contributed by atoms with E-state index in [0.717, 1.165) is 26.2 Å². The molecule has 1 saturated heterocycles. The number of nitrogens with zero attached hydrogens (tertiary/aromatic N) is 2. The smallest absolute Gasteiger partial charge is 0.253 e. The number of piperazine rings is 1. The number of rotatable bonds is 8. The molecule has 0 amide bonds. The molecule has 0 saturated carbocycles. The number of furan rings is 1. The predicted octanol–water partition coefficient (Wildman–Crippen LogP) is 1.89. The summed E-state index contributed by atoms with van der Waals surface area (Å²) in [6, 6.07) is 14.0. The van der Waals surface area contributed by atoms with E-state index in [1.54, 1.807) is 12.3 Å². The summed E-state index contributed by atoms with van der Waals surface area (Å²) >= 11 is 0. The molecule has 0 bridgehead atoms. The Hall–Kier alpha value is -2.90. The maximum atomic E-state index is 12.1. The molecule has 152 valence electrons. The summed E-state index contributed by atoms with van der Waals surface area (Å²) in [6.45, 7) is 4.89. The van der Waals surface area contributed by atoms with Crippen molar-refractivity contribution in [3.8, 4) is 0 Å². The summed E-state index contributed by atoms with van der Waals surface area (Å²) < 4.78 is 5.28. The molecule has 7 heteroatoms. The fraction of sp³-hybridized carbons (Fsp3) is 0.364. The highest BCUT2D eigenvalue weighted by Gasteiger charge is 2.26. The zero-order valence-electron chi connectivity index (χ0n) is 16.6. The molecule has 2 aromatic carbocycles. The van der Waals surface area contributed by atoms with Crippen LogP contribution in [0.25, 0.3) is 0 Å². The van der Waals surface area contributed by atoms with Crippen molar-refractivity contribution >= 4 is 11.4 Å². The molecule has 1 atom stereocenters. The Morgan fingerprint density at radius 2 is 1.62 bits per heavy atom. The standard InChI is InChI=1S/C22H26N4O3/c1-25-9-11-26(12-10-25)18(16-6-3-2-4-7-16)15-24-20-19(21(27)22(20)28)23-14-17-8-5-13-29-17/h2-8,13,18,23-24H,9-12,14-15H2,1H3/t18-/m1/s1. The van der Waals surface area contributed by atoms with Crippen molar-refractivity contribution in [1.29, 1.82) is 0 Å². The largest absolute Gasteiger partial charge is 0.467 e. The minimum atomic E-state index is -0.477. The molecule has 0 spiro atoms. The molecule has 0 unspecified atom stereocenters. The summed E-state index contributed by atoms with van der Waals surface area (Å²) in [5.74, 6) is 0.712. The lowest BCUT2D eigenvalue weighted by molar-refractivity contribution is 0.116. The van der Waals surface area contributed by atoms with Crippen LogP contribution < -0.4 is 21.5 Å². The molecule has 1 aromatic heterocycles. The van der Waals surface area contributed by atoms with Crippen LogP contribution in [-0.4, -0.2) is 49.6 Å². The van der Waals surface area contributed by atoms with Gasteiger partial charge in [-0.15, -0.1) is 0 Å². The Labute approximate surface area is 169 Å². The third-order valence-electron chi connectivity index (χ3n) is 5.57. The van der Waals surface area contributed by atoms with Crippen molar-refractivity contribution < 1.29 is 4.42 Å². The van der Waals surface area contributed by atoms with Crippen molar-refractivity contribution in [2.24, 2.45) is 0 Å². The molecule has 29 heavy (non-hydrogen) atoms. The highest BCUT2D eigenvalue weighted by atomic mass is 16.3. The molecule has 0 aliphatic carbocycles. The minimum Gasteiger partial charge on any atom is -0.467 e. The minimum absolute atomic E-state index is 0.132. The van der Waals surface area contributed by atoms with Crippen LogP contribution in [0.1, 0.15) is 17.4 Å². The highest BCUT2D eigenvalue weighted by molar-refractivity contribution is 5.74. The van der Waals surface area contributed by atoms with Gasteiger partial charge in [0.05, 0.1) is 18.8 Å². The van der Waals surface area contributed by atoms with Gasteiger partial charge in [0.25, 0.3) is 10.9 Å². The summed E-state index contributed by atoms with van der Waals surface area (Å²) in [6.07, 6.45) is 1.58. The van der Waals surface area contributed by atoms with E-state index in [1.807, 2.05) is 24.3 Å². The summed E-state index contributed by atoms with van der Waals surface area (Å²) in [5, 5.41) is 6.28. The van der Waals surface area contributed by atoms with Crippen LogP contribution in [0.5, 0.6) is 0 Å². The Morgan fingerprint density at radius 3 is 2.28 bits per heavy atom. The summed E-state index contributed by atoms with van der Waals surface area (Å²) in [4.78, 5) is 28.9. The molecule has 1 fully saturated rings. The third kappa shape index (κ3) is 4.26. The number of hydrogen-bond acceptors (Lipinski definition) is 7. The van der Waals surface area contributed by atoms with Gasteiger partial charge in [0.15, 0.2) is 0 Å². The topological polar surface area (TPSA) is 77.8 Å². The van der Waals surface area contributed by atoms with E-state index in [1.165, 1.54) is 5.56 Å². The van der Waals surface area contributed by atoms with Crippen LogP contribution in [-0.2, 0) is 6.54 Å². The third-order valence-corrected chi connectivity index (χ3v) is 5.57. The van der Waals surface area contributed by atoms with E-state index in [4.69, 9.17) is 4.42 Å². The first-order valence-electron chi connectivity index (χ1n) is 9.94. The van der Waals surface area contributed by atoms with Gasteiger partial charge in [-0.25, -0.2) is 0 Å². The molecule has 1 aliphatic heterocycles. The van der Waals surface area contributed by atoms with Crippen molar-refractivity contribution in [2.75, 3.05) is 50.4 Å². The van der Waals surface area contributed by atoms with Gasteiger partial charge in [-0.1, -0.05) is 30.3 Å². The summed E-state index contributed by atoms with van der Waals surface area (Å²) in [5.41, 5.74) is 0.980. The lowest BCUT2D eigenvalue weighted by atomic mass is 10.0. The van der Waals surface area contributed by atoms with E-state index in [9.17, 15) is 9.59 Å². The van der Waals surface area contributed by atoms with Gasteiger partial charge in [0.1, 0.15) is 17.1 Å². The van der Waals surface area contributed by atoms with Crippen LogP contribution in [0.3, 0.4) is 0 Å². The van der Waals surface area contributed by atoms with E-state index < -0.39 is 10.9 Å². The lowest BCUT2D eigenvalue weighted by Crippen LogP contribution is -2.48. The Morgan fingerprint density at radius 1 is 0.931 bits per heavy atom. The summed E-state index contributed by atoms with van der Waals surface area (Å²) in [7, 11) is 2.13. The van der Waals surface area contributed by atoms with Gasteiger partial charge in [0.2, 0.25) is 0 Å². The van der Waals surface area contributed by atoms with Crippen molar-refractivity contribution in [3.05, 3.63) is 80.5 Å². The van der Waals surface area contributed by atoms with Gasteiger partial charge >= 0.3 is 0 Å². The molecular weight excluding hydrogens is 368 g/mol. The highest BCUT2D eigenvalue weighted by Crippen LogP contribution is 2.24. The van der Waals surface area contributed by atoms with Gasteiger partial charge < -0.3 is 20.0 Å². The second-order valence-corrected chi connectivity index (χ2v) is 7.49. The molecule has 7 nitrogen and oxygen atoms in total. The normalized spacial score (nSPS) is 16.7. The Balaban J connectivity index is 1.47. The van der Waals surface area contributed by atoms with E-state index in [0.29, 0.717) is 30.2 Å². The average Bonchev–Trinajstić information content (AvgIpc) is 3.27. The van der Waals surface area contributed by atoms with Crippen molar-refractivity contribution in [3.63, 3.8) is 0 Å². The molecule has 1 aliphatic rings. The molecular formula is C22H26N4O3. The van der Waals surface area contributed by atoms with Crippen LogP contribution in [0.15, 0.2) is 62.7 Å². The molecule has 2 N–H and O–H groups in total. The van der Waals surface area contributed by atoms with E-state index >= 15 is 0 Å². The fourth-order valence-electron chi connectivity index (χ4n) is 3.78. The quantitative estimate of drug-likeness (QED) is 0.565. The van der Waals surface area contributed by atoms with Gasteiger partial charge in [-0.2, -0.15) is 0 Å².